The molecule has 0 saturated carbocycles. The van der Waals surface area contributed by atoms with Crippen LogP contribution in [-0.2, 0) is 19.0 Å². The number of aryl methyl sites for hydroxylation is 3. The number of rotatable bonds is 2. The SMILES string of the molecule is CNC(=O)OC1=C(c2c(C)cc(C)cc2C)C(=O)OC12CCOCC2. The Balaban J connectivity index is 2.20. The van der Waals surface area contributed by atoms with Gasteiger partial charge in [-0.2, -0.15) is 0 Å². The number of carbonyl (C=O) groups excluding carboxylic acids is 2. The van der Waals surface area contributed by atoms with E-state index in [2.05, 4.69) is 5.32 Å². The fraction of sp³-hybridized carbons (Fsp3) is 0.474. The molecule has 0 aromatic heterocycles. The van der Waals surface area contributed by atoms with Gasteiger partial charge in [0.05, 0.1) is 13.2 Å². The lowest BCUT2D eigenvalue weighted by Crippen LogP contribution is -2.40. The van der Waals surface area contributed by atoms with Gasteiger partial charge in [-0.3, -0.25) is 0 Å². The van der Waals surface area contributed by atoms with Crippen LogP contribution in [0, 0.1) is 20.8 Å². The molecule has 134 valence electrons. The fourth-order valence-electron chi connectivity index (χ4n) is 3.70. The van der Waals surface area contributed by atoms with Crippen LogP contribution in [0.25, 0.3) is 5.57 Å². The summed E-state index contributed by atoms with van der Waals surface area (Å²) in [4.78, 5) is 24.7. The minimum atomic E-state index is -0.930. The van der Waals surface area contributed by atoms with E-state index in [4.69, 9.17) is 14.2 Å². The second-order valence-corrected chi connectivity index (χ2v) is 6.61. The van der Waals surface area contributed by atoms with Crippen LogP contribution >= 0.6 is 0 Å². The van der Waals surface area contributed by atoms with Gasteiger partial charge in [-0.1, -0.05) is 17.7 Å². The van der Waals surface area contributed by atoms with E-state index in [0.717, 1.165) is 22.3 Å². The van der Waals surface area contributed by atoms with Crippen LogP contribution < -0.4 is 5.32 Å². The second kappa shape index (κ2) is 6.52. The van der Waals surface area contributed by atoms with E-state index in [1.165, 1.54) is 7.05 Å². The zero-order chi connectivity index (χ0) is 18.2. The summed E-state index contributed by atoms with van der Waals surface area (Å²) < 4.78 is 16.7. The smallest absolute Gasteiger partial charge is 0.412 e. The van der Waals surface area contributed by atoms with E-state index < -0.39 is 17.7 Å². The summed E-state index contributed by atoms with van der Waals surface area (Å²) in [6, 6.07) is 4.02. The van der Waals surface area contributed by atoms with E-state index in [1.807, 2.05) is 32.9 Å². The lowest BCUT2D eigenvalue weighted by molar-refractivity contribution is -0.154. The number of ether oxygens (including phenoxy) is 3. The highest BCUT2D eigenvalue weighted by Gasteiger charge is 2.52. The molecule has 0 bridgehead atoms. The Labute approximate surface area is 147 Å². The quantitative estimate of drug-likeness (QED) is 0.835. The molecule has 6 heteroatoms. The molecule has 0 atom stereocenters. The van der Waals surface area contributed by atoms with Gasteiger partial charge in [0.25, 0.3) is 0 Å². The molecule has 1 amide bonds. The minimum Gasteiger partial charge on any atom is -0.447 e. The number of alkyl carbamates (subject to hydrolysis) is 1. The minimum absolute atomic E-state index is 0.301. The van der Waals surface area contributed by atoms with Crippen LogP contribution in [0.5, 0.6) is 0 Å². The highest BCUT2D eigenvalue weighted by atomic mass is 16.6. The first-order chi connectivity index (χ1) is 11.9. The molecule has 2 aliphatic rings. The van der Waals surface area contributed by atoms with Crippen molar-refractivity contribution in [3.8, 4) is 0 Å². The molecular weight excluding hydrogens is 322 g/mol. The Morgan fingerprint density at radius 3 is 2.32 bits per heavy atom. The standard InChI is InChI=1S/C19H23NO5/c1-11-9-12(2)14(13(3)10-11)15-16(24-18(22)20-4)19(25-17(15)21)5-7-23-8-6-19/h9-10H,5-8H2,1-4H3,(H,20,22). The van der Waals surface area contributed by atoms with E-state index in [-0.39, 0.29) is 0 Å². The van der Waals surface area contributed by atoms with E-state index in [1.54, 1.807) is 0 Å². The number of hydrogen-bond donors (Lipinski definition) is 1. The molecule has 0 radical (unpaired) electrons. The van der Waals surface area contributed by atoms with Gasteiger partial charge in [0.15, 0.2) is 11.4 Å². The predicted molar refractivity (Wildman–Crippen MR) is 92.0 cm³/mol. The summed E-state index contributed by atoms with van der Waals surface area (Å²) in [6.07, 6.45) is 0.330. The monoisotopic (exact) mass is 345 g/mol. The lowest BCUT2D eigenvalue weighted by Gasteiger charge is -2.33. The third-order valence-corrected chi connectivity index (χ3v) is 4.76. The van der Waals surface area contributed by atoms with Crippen molar-refractivity contribution < 1.29 is 23.8 Å². The number of nitrogens with one attached hydrogen (secondary N) is 1. The summed E-state index contributed by atoms with van der Waals surface area (Å²) in [5.74, 6) is -0.147. The molecule has 6 nitrogen and oxygen atoms in total. The molecule has 1 fully saturated rings. The van der Waals surface area contributed by atoms with Crippen LogP contribution in [-0.4, -0.2) is 37.9 Å². The Morgan fingerprint density at radius 2 is 1.76 bits per heavy atom. The maximum Gasteiger partial charge on any atom is 0.412 e. The van der Waals surface area contributed by atoms with Crippen LogP contribution in [0.3, 0.4) is 0 Å². The first-order valence-corrected chi connectivity index (χ1v) is 8.41. The zero-order valence-corrected chi connectivity index (χ0v) is 15.0. The highest BCUT2D eigenvalue weighted by Crippen LogP contribution is 2.45. The molecule has 25 heavy (non-hydrogen) atoms. The molecule has 1 N–H and O–H groups in total. The van der Waals surface area contributed by atoms with Crippen molar-refractivity contribution >= 4 is 17.6 Å². The van der Waals surface area contributed by atoms with Gasteiger partial charge in [0.2, 0.25) is 0 Å². The fourth-order valence-corrected chi connectivity index (χ4v) is 3.70. The average Bonchev–Trinajstić information content (AvgIpc) is 2.79. The van der Waals surface area contributed by atoms with E-state index in [0.29, 0.717) is 37.4 Å². The number of esters is 1. The molecule has 1 spiro atoms. The third kappa shape index (κ3) is 3.02. The zero-order valence-electron chi connectivity index (χ0n) is 15.0. The molecule has 0 aliphatic carbocycles. The van der Waals surface area contributed by atoms with Crippen LogP contribution in [0.1, 0.15) is 35.1 Å². The van der Waals surface area contributed by atoms with Crippen molar-refractivity contribution in [3.05, 3.63) is 40.1 Å². The number of amides is 1. The summed E-state index contributed by atoms with van der Waals surface area (Å²) >= 11 is 0. The van der Waals surface area contributed by atoms with E-state index in [9.17, 15) is 9.59 Å². The number of hydrogen-bond acceptors (Lipinski definition) is 5. The highest BCUT2D eigenvalue weighted by molar-refractivity contribution is 6.20. The summed E-state index contributed by atoms with van der Waals surface area (Å²) in [6.45, 7) is 6.80. The molecule has 2 aliphatic heterocycles. The van der Waals surface area contributed by atoms with Crippen molar-refractivity contribution in [2.24, 2.45) is 0 Å². The largest absolute Gasteiger partial charge is 0.447 e. The molecular formula is C19H23NO5. The summed E-state index contributed by atoms with van der Waals surface area (Å²) in [5, 5.41) is 2.45. The number of carbonyl (C=O) groups is 2. The van der Waals surface area contributed by atoms with Gasteiger partial charge in [0, 0.05) is 19.9 Å². The van der Waals surface area contributed by atoms with Crippen molar-refractivity contribution in [2.75, 3.05) is 20.3 Å². The maximum absolute atomic E-state index is 12.8. The maximum atomic E-state index is 12.8. The normalized spacial score (nSPS) is 19.1. The van der Waals surface area contributed by atoms with Gasteiger partial charge in [-0.05, 0) is 37.5 Å². The second-order valence-electron chi connectivity index (χ2n) is 6.61. The molecule has 2 heterocycles. The van der Waals surface area contributed by atoms with Crippen LogP contribution in [0.4, 0.5) is 4.79 Å². The van der Waals surface area contributed by atoms with Gasteiger partial charge >= 0.3 is 12.1 Å². The van der Waals surface area contributed by atoms with Crippen molar-refractivity contribution in [1.29, 1.82) is 0 Å². The first-order valence-electron chi connectivity index (χ1n) is 8.41. The Kier molecular flexibility index (Phi) is 4.56. The Bertz CT molecular complexity index is 736. The molecule has 1 aromatic carbocycles. The van der Waals surface area contributed by atoms with Gasteiger partial charge in [-0.15, -0.1) is 0 Å². The summed E-state index contributed by atoms with van der Waals surface area (Å²) in [7, 11) is 1.49. The van der Waals surface area contributed by atoms with Crippen LogP contribution in [0.15, 0.2) is 17.9 Å². The van der Waals surface area contributed by atoms with Gasteiger partial charge in [-0.25, -0.2) is 9.59 Å². The third-order valence-electron chi connectivity index (χ3n) is 4.76. The molecule has 0 unspecified atom stereocenters. The van der Waals surface area contributed by atoms with Crippen LogP contribution in [0.2, 0.25) is 0 Å². The Hall–Kier alpha value is -2.34. The predicted octanol–water partition coefficient (Wildman–Crippen LogP) is 2.78. The Morgan fingerprint density at radius 1 is 1.16 bits per heavy atom. The number of benzene rings is 1. The van der Waals surface area contributed by atoms with Gasteiger partial charge < -0.3 is 19.5 Å². The van der Waals surface area contributed by atoms with E-state index >= 15 is 0 Å². The van der Waals surface area contributed by atoms with Crippen molar-refractivity contribution in [2.45, 2.75) is 39.2 Å². The summed E-state index contributed by atoms with van der Waals surface area (Å²) in [5.41, 5.74) is 3.21. The average molecular weight is 345 g/mol. The van der Waals surface area contributed by atoms with Crippen molar-refractivity contribution in [3.63, 3.8) is 0 Å². The molecule has 1 aromatic rings. The topological polar surface area (TPSA) is 73.9 Å². The molecule has 1 saturated heterocycles. The van der Waals surface area contributed by atoms with Gasteiger partial charge in [0.1, 0.15) is 5.57 Å². The first kappa shape index (κ1) is 17.5. The van der Waals surface area contributed by atoms with Crippen molar-refractivity contribution in [1.82, 2.24) is 5.32 Å². The lowest BCUT2D eigenvalue weighted by atomic mass is 9.87. The molecule has 3 rings (SSSR count).